The van der Waals surface area contributed by atoms with Gasteiger partial charge in [0.2, 0.25) is 5.91 Å². The standard InChI is InChI=1S/C16H21F3N2O2/c1-4-23-12-7-5-11(6-8-12)9-13(16(17,18)19)21-15(2,3)10-14(22)20-21/h5-8,13H,4,9-10H2,1-3H3,(H,20,22). The Morgan fingerprint density at radius 2 is 1.91 bits per heavy atom. The van der Waals surface area contributed by atoms with E-state index in [0.29, 0.717) is 17.9 Å². The minimum Gasteiger partial charge on any atom is -0.494 e. The van der Waals surface area contributed by atoms with Crippen LogP contribution >= 0.6 is 0 Å². The number of amides is 1. The van der Waals surface area contributed by atoms with E-state index in [0.717, 1.165) is 5.01 Å². The van der Waals surface area contributed by atoms with Gasteiger partial charge in [0.25, 0.3) is 0 Å². The summed E-state index contributed by atoms with van der Waals surface area (Å²) in [4.78, 5) is 11.5. The number of hydrazine groups is 1. The highest BCUT2D eigenvalue weighted by Crippen LogP contribution is 2.35. The first kappa shape index (κ1) is 17.6. The first-order valence-corrected chi connectivity index (χ1v) is 7.51. The number of rotatable bonds is 5. The zero-order valence-electron chi connectivity index (χ0n) is 13.4. The van der Waals surface area contributed by atoms with Crippen LogP contribution in [0.5, 0.6) is 5.75 Å². The second kappa shape index (κ2) is 6.39. The number of hydrogen-bond acceptors (Lipinski definition) is 3. The summed E-state index contributed by atoms with van der Waals surface area (Å²) in [5, 5.41) is 1.03. The van der Waals surface area contributed by atoms with Gasteiger partial charge in [-0.3, -0.25) is 10.2 Å². The molecule has 1 amide bonds. The summed E-state index contributed by atoms with van der Waals surface area (Å²) in [5.41, 5.74) is 2.00. The van der Waals surface area contributed by atoms with Crippen LogP contribution in [-0.4, -0.2) is 35.3 Å². The highest BCUT2D eigenvalue weighted by Gasteiger charge is 2.51. The molecular weight excluding hydrogens is 309 g/mol. The number of ether oxygens (including phenoxy) is 1. The zero-order valence-corrected chi connectivity index (χ0v) is 13.4. The van der Waals surface area contributed by atoms with Crippen molar-refractivity contribution in [2.45, 2.75) is 51.4 Å². The van der Waals surface area contributed by atoms with Crippen molar-refractivity contribution >= 4 is 5.91 Å². The molecule has 1 heterocycles. The summed E-state index contributed by atoms with van der Waals surface area (Å²) in [7, 11) is 0. The molecule has 1 aliphatic rings. The molecule has 1 aliphatic heterocycles. The van der Waals surface area contributed by atoms with Crippen LogP contribution in [0.2, 0.25) is 0 Å². The van der Waals surface area contributed by atoms with E-state index >= 15 is 0 Å². The number of carbonyl (C=O) groups is 1. The molecule has 1 unspecified atom stereocenters. The molecular formula is C16H21F3N2O2. The number of carbonyl (C=O) groups excluding carboxylic acids is 1. The average molecular weight is 330 g/mol. The Morgan fingerprint density at radius 1 is 1.30 bits per heavy atom. The lowest BCUT2D eigenvalue weighted by atomic mass is 9.97. The van der Waals surface area contributed by atoms with Crippen molar-refractivity contribution in [1.29, 1.82) is 0 Å². The van der Waals surface area contributed by atoms with Crippen LogP contribution < -0.4 is 10.2 Å². The van der Waals surface area contributed by atoms with E-state index < -0.39 is 23.7 Å². The van der Waals surface area contributed by atoms with Gasteiger partial charge in [-0.25, -0.2) is 5.01 Å². The predicted octanol–water partition coefficient (Wildman–Crippen LogP) is 3.07. The summed E-state index contributed by atoms with van der Waals surface area (Å²) in [6.45, 7) is 5.59. The van der Waals surface area contributed by atoms with Crippen molar-refractivity contribution in [3.63, 3.8) is 0 Å². The van der Waals surface area contributed by atoms with Gasteiger partial charge < -0.3 is 4.74 Å². The zero-order chi connectivity index (χ0) is 17.3. The van der Waals surface area contributed by atoms with Gasteiger partial charge in [-0.15, -0.1) is 0 Å². The third-order valence-corrected chi connectivity index (χ3v) is 3.84. The van der Waals surface area contributed by atoms with Gasteiger partial charge in [-0.1, -0.05) is 12.1 Å². The Balaban J connectivity index is 2.21. The van der Waals surface area contributed by atoms with E-state index in [-0.39, 0.29) is 12.8 Å². The van der Waals surface area contributed by atoms with Crippen molar-refractivity contribution in [1.82, 2.24) is 10.4 Å². The Labute approximate surface area is 133 Å². The van der Waals surface area contributed by atoms with E-state index in [9.17, 15) is 18.0 Å². The van der Waals surface area contributed by atoms with Crippen LogP contribution in [0.15, 0.2) is 24.3 Å². The molecule has 0 saturated carbocycles. The number of alkyl halides is 3. The van der Waals surface area contributed by atoms with Crippen LogP contribution in [0.25, 0.3) is 0 Å². The van der Waals surface area contributed by atoms with E-state index in [4.69, 9.17) is 4.74 Å². The van der Waals surface area contributed by atoms with Gasteiger partial charge in [-0.2, -0.15) is 13.2 Å². The lowest BCUT2D eigenvalue weighted by Gasteiger charge is -2.37. The number of nitrogens with zero attached hydrogens (tertiary/aromatic N) is 1. The van der Waals surface area contributed by atoms with Gasteiger partial charge in [0.1, 0.15) is 11.8 Å². The molecule has 128 valence electrons. The smallest absolute Gasteiger partial charge is 0.406 e. The quantitative estimate of drug-likeness (QED) is 0.902. The van der Waals surface area contributed by atoms with Crippen molar-refractivity contribution < 1.29 is 22.7 Å². The lowest BCUT2D eigenvalue weighted by molar-refractivity contribution is -0.200. The van der Waals surface area contributed by atoms with Crippen molar-refractivity contribution in [2.75, 3.05) is 6.61 Å². The molecule has 2 rings (SSSR count). The first-order chi connectivity index (χ1) is 10.6. The maximum atomic E-state index is 13.5. The molecule has 0 bridgehead atoms. The second-order valence-electron chi connectivity index (χ2n) is 6.23. The molecule has 23 heavy (non-hydrogen) atoms. The van der Waals surface area contributed by atoms with Gasteiger partial charge in [0.05, 0.1) is 6.61 Å². The van der Waals surface area contributed by atoms with Gasteiger partial charge in [0, 0.05) is 12.0 Å². The Bertz CT molecular complexity index is 555. The summed E-state index contributed by atoms with van der Waals surface area (Å²) in [6, 6.07) is 4.77. The molecule has 0 spiro atoms. The van der Waals surface area contributed by atoms with Crippen LogP contribution in [0.1, 0.15) is 32.8 Å². The summed E-state index contributed by atoms with van der Waals surface area (Å²) in [5.74, 6) is 0.227. The SMILES string of the molecule is CCOc1ccc(CC(N2NC(=O)CC2(C)C)C(F)(F)F)cc1. The molecule has 4 nitrogen and oxygen atoms in total. The minimum atomic E-state index is -4.45. The molecule has 1 atom stereocenters. The summed E-state index contributed by atoms with van der Waals surface area (Å²) < 4.78 is 45.8. The fraction of sp³-hybridized carbons (Fsp3) is 0.562. The monoisotopic (exact) mass is 330 g/mol. The first-order valence-electron chi connectivity index (χ1n) is 7.51. The Kier molecular flexibility index (Phi) is 4.89. The lowest BCUT2D eigenvalue weighted by Crippen LogP contribution is -2.57. The maximum absolute atomic E-state index is 13.5. The molecule has 1 saturated heterocycles. The molecule has 0 aromatic heterocycles. The normalized spacial score (nSPS) is 19.5. The third kappa shape index (κ3) is 4.16. The van der Waals surface area contributed by atoms with Gasteiger partial charge in [-0.05, 0) is 44.9 Å². The highest BCUT2D eigenvalue weighted by molar-refractivity contribution is 5.78. The van der Waals surface area contributed by atoms with Crippen molar-refractivity contribution in [3.05, 3.63) is 29.8 Å². The van der Waals surface area contributed by atoms with Crippen LogP contribution in [-0.2, 0) is 11.2 Å². The number of halogens is 3. The molecule has 0 radical (unpaired) electrons. The summed E-state index contributed by atoms with van der Waals surface area (Å²) in [6.07, 6.45) is -4.64. The fourth-order valence-electron chi connectivity index (χ4n) is 2.77. The van der Waals surface area contributed by atoms with Gasteiger partial charge in [0.15, 0.2) is 0 Å². The Morgan fingerprint density at radius 3 is 2.35 bits per heavy atom. The van der Waals surface area contributed by atoms with Gasteiger partial charge >= 0.3 is 6.18 Å². The topological polar surface area (TPSA) is 41.6 Å². The number of nitrogens with one attached hydrogen (secondary N) is 1. The largest absolute Gasteiger partial charge is 0.494 e. The van der Waals surface area contributed by atoms with E-state index in [1.807, 2.05) is 6.92 Å². The molecule has 1 N–H and O–H groups in total. The third-order valence-electron chi connectivity index (χ3n) is 3.84. The van der Waals surface area contributed by atoms with Crippen molar-refractivity contribution in [2.24, 2.45) is 0 Å². The van der Waals surface area contributed by atoms with E-state index in [2.05, 4.69) is 5.43 Å². The fourth-order valence-corrected chi connectivity index (χ4v) is 2.77. The van der Waals surface area contributed by atoms with Crippen LogP contribution in [0.3, 0.4) is 0 Å². The van der Waals surface area contributed by atoms with Crippen molar-refractivity contribution in [3.8, 4) is 5.75 Å². The second-order valence-corrected chi connectivity index (χ2v) is 6.23. The number of benzene rings is 1. The molecule has 1 aromatic carbocycles. The maximum Gasteiger partial charge on any atom is 0.406 e. The average Bonchev–Trinajstić information content (AvgIpc) is 2.69. The minimum absolute atomic E-state index is 0.0445. The van der Waals surface area contributed by atoms with Crippen LogP contribution in [0.4, 0.5) is 13.2 Å². The van der Waals surface area contributed by atoms with Crippen LogP contribution in [0, 0.1) is 0 Å². The predicted molar refractivity (Wildman–Crippen MR) is 79.8 cm³/mol. The number of hydrogen-bond donors (Lipinski definition) is 1. The molecule has 1 fully saturated rings. The molecule has 1 aromatic rings. The Hall–Kier alpha value is -1.76. The summed E-state index contributed by atoms with van der Waals surface area (Å²) >= 11 is 0. The molecule has 0 aliphatic carbocycles. The molecule has 7 heteroatoms. The van der Waals surface area contributed by atoms with E-state index in [1.54, 1.807) is 38.1 Å². The van der Waals surface area contributed by atoms with E-state index in [1.165, 1.54) is 0 Å². The highest BCUT2D eigenvalue weighted by atomic mass is 19.4.